The fourth-order valence-corrected chi connectivity index (χ4v) is 3.94. The van der Waals surface area contributed by atoms with Crippen LogP contribution in [0.5, 0.6) is 11.5 Å². The van der Waals surface area contributed by atoms with E-state index >= 15 is 0 Å². The number of hydrogen-bond acceptors (Lipinski definition) is 5. The lowest BCUT2D eigenvalue weighted by Crippen LogP contribution is -2.14. The first-order valence-corrected chi connectivity index (χ1v) is 9.99. The number of nitrogens with one attached hydrogen (secondary N) is 1. The molecule has 0 spiro atoms. The Kier molecular flexibility index (Phi) is 5.44. The van der Waals surface area contributed by atoms with E-state index < -0.39 is 0 Å². The highest BCUT2D eigenvalue weighted by Gasteiger charge is 2.12. The molecule has 29 heavy (non-hydrogen) atoms. The summed E-state index contributed by atoms with van der Waals surface area (Å²) in [7, 11) is 3.21. The number of rotatable bonds is 6. The molecule has 6 heteroatoms. The number of thiazole rings is 1. The van der Waals surface area contributed by atoms with Crippen molar-refractivity contribution in [3.8, 4) is 22.1 Å². The predicted molar refractivity (Wildman–Crippen MR) is 117 cm³/mol. The van der Waals surface area contributed by atoms with E-state index in [1.165, 1.54) is 11.3 Å². The van der Waals surface area contributed by atoms with Crippen molar-refractivity contribution in [2.45, 2.75) is 6.42 Å². The standard InChI is InChI=1S/C23H20N2O3S/c1-27-20-10-8-17(12-21(20)28-2)23-25-19(14-29-23)13-22(26)24-18-9-7-15-5-3-4-6-16(15)11-18/h3-12,14H,13H2,1-2H3,(H,24,26). The number of carbonyl (C=O) groups is 1. The molecule has 0 bridgehead atoms. The summed E-state index contributed by atoms with van der Waals surface area (Å²) in [4.78, 5) is 17.1. The lowest BCUT2D eigenvalue weighted by Gasteiger charge is -2.08. The molecule has 0 aliphatic carbocycles. The second-order valence-corrected chi connectivity index (χ2v) is 7.36. The van der Waals surface area contributed by atoms with E-state index in [2.05, 4.69) is 10.3 Å². The van der Waals surface area contributed by atoms with Crippen molar-refractivity contribution in [2.24, 2.45) is 0 Å². The highest BCUT2D eigenvalue weighted by molar-refractivity contribution is 7.13. The van der Waals surface area contributed by atoms with Crippen molar-refractivity contribution in [1.29, 1.82) is 0 Å². The van der Waals surface area contributed by atoms with Gasteiger partial charge in [0.25, 0.3) is 0 Å². The van der Waals surface area contributed by atoms with Gasteiger partial charge >= 0.3 is 0 Å². The van der Waals surface area contributed by atoms with Gasteiger partial charge in [-0.2, -0.15) is 0 Å². The Morgan fingerprint density at radius 1 is 0.966 bits per heavy atom. The normalized spacial score (nSPS) is 10.7. The second kappa shape index (κ2) is 8.32. The van der Waals surface area contributed by atoms with Crippen LogP contribution in [0.4, 0.5) is 5.69 Å². The first kappa shape index (κ1) is 19.0. The van der Waals surface area contributed by atoms with E-state index in [0.717, 1.165) is 32.7 Å². The largest absolute Gasteiger partial charge is 0.493 e. The lowest BCUT2D eigenvalue weighted by molar-refractivity contribution is -0.115. The average molecular weight is 404 g/mol. The second-order valence-electron chi connectivity index (χ2n) is 6.50. The Morgan fingerprint density at radius 3 is 2.55 bits per heavy atom. The highest BCUT2D eigenvalue weighted by atomic mass is 32.1. The number of benzene rings is 3. The molecule has 0 aliphatic heterocycles. The Balaban J connectivity index is 1.46. The van der Waals surface area contributed by atoms with Crippen LogP contribution in [-0.2, 0) is 11.2 Å². The highest BCUT2D eigenvalue weighted by Crippen LogP contribution is 2.33. The zero-order chi connectivity index (χ0) is 20.2. The van der Waals surface area contributed by atoms with Crippen LogP contribution in [0.25, 0.3) is 21.3 Å². The maximum Gasteiger partial charge on any atom is 0.230 e. The van der Waals surface area contributed by atoms with E-state index in [1.54, 1.807) is 14.2 Å². The first-order chi connectivity index (χ1) is 14.2. The van der Waals surface area contributed by atoms with Crippen LogP contribution < -0.4 is 14.8 Å². The molecule has 0 radical (unpaired) electrons. The van der Waals surface area contributed by atoms with Crippen molar-refractivity contribution in [1.82, 2.24) is 4.98 Å². The fraction of sp³-hybridized carbons (Fsp3) is 0.130. The Labute approximate surface area is 172 Å². The van der Waals surface area contributed by atoms with Gasteiger partial charge in [0.1, 0.15) is 5.01 Å². The Bertz CT molecular complexity index is 1170. The molecule has 4 aromatic rings. The molecular formula is C23H20N2O3S. The summed E-state index contributed by atoms with van der Waals surface area (Å²) in [5.41, 5.74) is 2.44. The third-order valence-corrected chi connectivity index (χ3v) is 5.50. The number of fused-ring (bicyclic) bond motifs is 1. The molecule has 5 nitrogen and oxygen atoms in total. The quantitative estimate of drug-likeness (QED) is 0.482. The van der Waals surface area contributed by atoms with Gasteiger partial charge in [-0.05, 0) is 41.1 Å². The van der Waals surface area contributed by atoms with Gasteiger partial charge in [-0.1, -0.05) is 30.3 Å². The number of anilines is 1. The van der Waals surface area contributed by atoms with Gasteiger partial charge in [0.05, 0.1) is 26.3 Å². The van der Waals surface area contributed by atoms with Gasteiger partial charge in [-0.3, -0.25) is 4.79 Å². The van der Waals surface area contributed by atoms with Gasteiger partial charge in [-0.15, -0.1) is 11.3 Å². The van der Waals surface area contributed by atoms with Gasteiger partial charge in [0.2, 0.25) is 5.91 Å². The SMILES string of the molecule is COc1ccc(-c2nc(CC(=O)Nc3ccc4ccccc4c3)cs2)cc1OC. The third kappa shape index (κ3) is 4.22. The molecular weight excluding hydrogens is 384 g/mol. The molecule has 0 fully saturated rings. The molecule has 0 saturated heterocycles. The van der Waals surface area contributed by atoms with Crippen molar-refractivity contribution in [3.63, 3.8) is 0 Å². The smallest absolute Gasteiger partial charge is 0.230 e. The average Bonchev–Trinajstić information content (AvgIpc) is 3.21. The monoisotopic (exact) mass is 404 g/mol. The molecule has 146 valence electrons. The first-order valence-electron chi connectivity index (χ1n) is 9.12. The van der Waals surface area contributed by atoms with Crippen LogP contribution in [0.2, 0.25) is 0 Å². The number of hydrogen-bond donors (Lipinski definition) is 1. The maximum atomic E-state index is 12.5. The van der Waals surface area contributed by atoms with Gasteiger partial charge < -0.3 is 14.8 Å². The van der Waals surface area contributed by atoms with Crippen LogP contribution in [0.3, 0.4) is 0 Å². The molecule has 0 unspecified atom stereocenters. The summed E-state index contributed by atoms with van der Waals surface area (Å²) in [6.45, 7) is 0. The number of amides is 1. The zero-order valence-electron chi connectivity index (χ0n) is 16.1. The van der Waals surface area contributed by atoms with Crippen LogP contribution in [-0.4, -0.2) is 25.1 Å². The predicted octanol–water partition coefficient (Wildman–Crippen LogP) is 5.16. The molecule has 1 heterocycles. The summed E-state index contributed by atoms with van der Waals surface area (Å²) in [5.74, 6) is 1.23. The van der Waals surface area contributed by atoms with Gasteiger partial charge in [-0.25, -0.2) is 4.98 Å². The van der Waals surface area contributed by atoms with Crippen LogP contribution >= 0.6 is 11.3 Å². The topological polar surface area (TPSA) is 60.5 Å². The van der Waals surface area contributed by atoms with E-state index in [-0.39, 0.29) is 12.3 Å². The molecule has 0 saturated carbocycles. The number of aromatic nitrogens is 1. The molecule has 1 amide bonds. The summed E-state index contributed by atoms with van der Waals surface area (Å²) >= 11 is 1.50. The fourth-order valence-electron chi connectivity index (χ4n) is 3.13. The van der Waals surface area contributed by atoms with Crippen molar-refractivity contribution in [2.75, 3.05) is 19.5 Å². The van der Waals surface area contributed by atoms with E-state index in [0.29, 0.717) is 11.5 Å². The van der Waals surface area contributed by atoms with Crippen LogP contribution in [0, 0.1) is 0 Å². The van der Waals surface area contributed by atoms with E-state index in [4.69, 9.17) is 9.47 Å². The van der Waals surface area contributed by atoms with Crippen LogP contribution in [0.1, 0.15) is 5.69 Å². The Morgan fingerprint density at radius 2 is 1.76 bits per heavy atom. The number of nitrogens with zero attached hydrogens (tertiary/aromatic N) is 1. The van der Waals surface area contributed by atoms with Crippen LogP contribution in [0.15, 0.2) is 66.0 Å². The molecule has 0 atom stereocenters. The lowest BCUT2D eigenvalue weighted by atomic mass is 10.1. The minimum absolute atomic E-state index is 0.0931. The molecule has 1 N–H and O–H groups in total. The molecule has 0 aliphatic rings. The maximum absolute atomic E-state index is 12.5. The van der Waals surface area contributed by atoms with E-state index in [9.17, 15) is 4.79 Å². The van der Waals surface area contributed by atoms with E-state index in [1.807, 2.05) is 66.0 Å². The molecule has 3 aromatic carbocycles. The van der Waals surface area contributed by atoms with Crippen molar-refractivity contribution in [3.05, 3.63) is 71.7 Å². The molecule has 1 aromatic heterocycles. The summed E-state index contributed by atoms with van der Waals surface area (Å²) in [6, 6.07) is 19.6. The van der Waals surface area contributed by atoms with Crippen molar-refractivity contribution < 1.29 is 14.3 Å². The minimum Gasteiger partial charge on any atom is -0.493 e. The number of carbonyl (C=O) groups excluding carboxylic acids is 1. The van der Waals surface area contributed by atoms with Crippen molar-refractivity contribution >= 4 is 33.7 Å². The Hall–Kier alpha value is -3.38. The molecule has 4 rings (SSSR count). The number of methoxy groups -OCH3 is 2. The van der Waals surface area contributed by atoms with Gasteiger partial charge in [0.15, 0.2) is 11.5 Å². The minimum atomic E-state index is -0.0931. The van der Waals surface area contributed by atoms with Gasteiger partial charge in [0, 0.05) is 16.6 Å². The number of ether oxygens (including phenoxy) is 2. The summed E-state index contributed by atoms with van der Waals surface area (Å²) < 4.78 is 10.6. The summed E-state index contributed by atoms with van der Waals surface area (Å²) in [6.07, 6.45) is 0.219. The summed E-state index contributed by atoms with van der Waals surface area (Å²) in [5, 5.41) is 7.93. The third-order valence-electron chi connectivity index (χ3n) is 4.56. The zero-order valence-corrected chi connectivity index (χ0v) is 17.0.